The summed E-state index contributed by atoms with van der Waals surface area (Å²) in [5.41, 5.74) is 4.80. The summed E-state index contributed by atoms with van der Waals surface area (Å²) >= 11 is 0. The largest absolute Gasteiger partial charge is 0.508 e. The van der Waals surface area contributed by atoms with Crippen LogP contribution in [0.1, 0.15) is 54.0 Å². The Labute approximate surface area is 148 Å². The van der Waals surface area contributed by atoms with E-state index >= 15 is 0 Å². The number of benzene rings is 2. The molecule has 2 N–H and O–H groups in total. The zero-order valence-electron chi connectivity index (χ0n) is 15.1. The molecule has 4 heteroatoms. The quantitative estimate of drug-likeness (QED) is 0.816. The Morgan fingerprint density at radius 1 is 1.20 bits per heavy atom. The second kappa shape index (κ2) is 5.32. The first-order valence-corrected chi connectivity index (χ1v) is 8.75. The van der Waals surface area contributed by atoms with Crippen LogP contribution in [0.2, 0.25) is 0 Å². The molecule has 4 nitrogen and oxygen atoms in total. The topological polar surface area (TPSA) is 58.9 Å². The Morgan fingerprint density at radius 2 is 1.96 bits per heavy atom. The molecule has 0 fully saturated rings. The van der Waals surface area contributed by atoms with Gasteiger partial charge in [0.1, 0.15) is 17.1 Å². The first-order chi connectivity index (χ1) is 11.8. The number of hydrogen-bond acceptors (Lipinski definition) is 4. The molecule has 25 heavy (non-hydrogen) atoms. The summed E-state index contributed by atoms with van der Waals surface area (Å²) in [4.78, 5) is 0. The van der Waals surface area contributed by atoms with Crippen molar-refractivity contribution in [1.82, 2.24) is 0 Å². The average molecular weight is 340 g/mol. The van der Waals surface area contributed by atoms with E-state index < -0.39 is 0 Å². The van der Waals surface area contributed by atoms with Gasteiger partial charge in [-0.25, -0.2) is 0 Å². The summed E-state index contributed by atoms with van der Waals surface area (Å²) in [6.45, 7) is 6.06. The molecule has 1 heterocycles. The van der Waals surface area contributed by atoms with Crippen LogP contribution in [0.15, 0.2) is 18.2 Å². The van der Waals surface area contributed by atoms with Crippen LogP contribution in [0, 0.1) is 6.92 Å². The van der Waals surface area contributed by atoms with Crippen LogP contribution in [0.4, 0.5) is 0 Å². The Hall–Kier alpha value is -2.36. The van der Waals surface area contributed by atoms with Crippen LogP contribution < -0.4 is 9.47 Å². The summed E-state index contributed by atoms with van der Waals surface area (Å²) < 4.78 is 11.6. The molecular formula is C21H24O4. The van der Waals surface area contributed by atoms with Crippen molar-refractivity contribution in [3.63, 3.8) is 0 Å². The van der Waals surface area contributed by atoms with Crippen molar-refractivity contribution in [2.45, 2.75) is 51.6 Å². The number of methoxy groups -OCH3 is 1. The van der Waals surface area contributed by atoms with Crippen LogP contribution in [0.5, 0.6) is 23.0 Å². The normalized spacial score (nSPS) is 20.1. The van der Waals surface area contributed by atoms with Crippen LogP contribution in [0.3, 0.4) is 0 Å². The zero-order chi connectivity index (χ0) is 17.9. The molecule has 1 atom stereocenters. The lowest BCUT2D eigenvalue weighted by Crippen LogP contribution is -2.36. The third-order valence-corrected chi connectivity index (χ3v) is 5.57. The minimum Gasteiger partial charge on any atom is -0.508 e. The molecule has 2 aromatic carbocycles. The van der Waals surface area contributed by atoms with Gasteiger partial charge in [-0.3, -0.25) is 0 Å². The molecule has 0 unspecified atom stereocenters. The predicted octanol–water partition coefficient (Wildman–Crippen LogP) is 4.21. The molecule has 0 saturated carbocycles. The van der Waals surface area contributed by atoms with Gasteiger partial charge in [-0.15, -0.1) is 0 Å². The van der Waals surface area contributed by atoms with Crippen molar-refractivity contribution < 1.29 is 19.7 Å². The van der Waals surface area contributed by atoms with Crippen molar-refractivity contribution in [2.24, 2.45) is 0 Å². The van der Waals surface area contributed by atoms with Gasteiger partial charge in [0.05, 0.1) is 7.11 Å². The highest BCUT2D eigenvalue weighted by molar-refractivity contribution is 5.62. The van der Waals surface area contributed by atoms with Crippen molar-refractivity contribution in [2.75, 3.05) is 7.11 Å². The summed E-state index contributed by atoms with van der Waals surface area (Å²) in [6.07, 6.45) is 2.30. The Balaban J connectivity index is 2.01. The molecule has 0 bridgehead atoms. The lowest BCUT2D eigenvalue weighted by molar-refractivity contribution is 0.0758. The van der Waals surface area contributed by atoms with E-state index in [9.17, 15) is 10.2 Å². The number of phenolic OH excluding ortho intramolecular Hbond substituents is 2. The highest BCUT2D eigenvalue weighted by Gasteiger charge is 2.40. The highest BCUT2D eigenvalue weighted by Crippen LogP contribution is 2.53. The molecule has 2 aliphatic rings. The molecule has 4 rings (SSSR count). The summed E-state index contributed by atoms with van der Waals surface area (Å²) in [5, 5.41) is 21.0. The minimum absolute atomic E-state index is 0.141. The number of ether oxygens (including phenoxy) is 2. The van der Waals surface area contributed by atoms with E-state index in [-0.39, 0.29) is 23.0 Å². The zero-order valence-corrected chi connectivity index (χ0v) is 15.1. The molecule has 132 valence electrons. The third-order valence-electron chi connectivity index (χ3n) is 5.57. The molecule has 0 radical (unpaired) electrons. The van der Waals surface area contributed by atoms with E-state index in [2.05, 4.69) is 19.9 Å². The first-order valence-electron chi connectivity index (χ1n) is 8.75. The Kier molecular flexibility index (Phi) is 3.43. The molecule has 1 aliphatic carbocycles. The van der Waals surface area contributed by atoms with Crippen molar-refractivity contribution >= 4 is 0 Å². The predicted molar refractivity (Wildman–Crippen MR) is 96.1 cm³/mol. The van der Waals surface area contributed by atoms with Gasteiger partial charge in [0.25, 0.3) is 0 Å². The molecule has 1 aliphatic heterocycles. The van der Waals surface area contributed by atoms with Crippen molar-refractivity contribution in [3.05, 3.63) is 46.0 Å². The van der Waals surface area contributed by atoms with E-state index in [1.165, 1.54) is 0 Å². The van der Waals surface area contributed by atoms with E-state index in [1.807, 2.05) is 19.1 Å². The van der Waals surface area contributed by atoms with Gasteiger partial charge in [0.2, 0.25) is 0 Å². The number of fused-ring (bicyclic) bond motifs is 2. The van der Waals surface area contributed by atoms with Gasteiger partial charge in [0, 0.05) is 22.6 Å². The van der Waals surface area contributed by atoms with Crippen LogP contribution in [-0.2, 0) is 12.8 Å². The van der Waals surface area contributed by atoms with Gasteiger partial charge in [-0.2, -0.15) is 0 Å². The van der Waals surface area contributed by atoms with Crippen LogP contribution >= 0.6 is 0 Å². The monoisotopic (exact) mass is 340 g/mol. The first kappa shape index (κ1) is 16.1. The van der Waals surface area contributed by atoms with Gasteiger partial charge >= 0.3 is 0 Å². The molecule has 2 aromatic rings. The molecular weight excluding hydrogens is 316 g/mol. The lowest BCUT2D eigenvalue weighted by Gasteiger charge is -2.39. The fraction of sp³-hybridized carbons (Fsp3) is 0.429. The van der Waals surface area contributed by atoms with Crippen molar-refractivity contribution in [3.8, 4) is 23.0 Å². The minimum atomic E-state index is -0.343. The maximum Gasteiger partial charge on any atom is 0.161 e. The number of hydrogen-bond donors (Lipinski definition) is 2. The molecule has 0 saturated heterocycles. The standard InChI is InChI=1S/C21H24O4/c1-11-16(22)9-12-5-6-14-13(7-8-17(24-4)19(14)23)15-10-21(2,3)25-20(11)18(12)15/h7-9,15,22-23H,5-6,10H2,1-4H3/t15-/m0/s1. The molecule has 0 aromatic heterocycles. The fourth-order valence-electron chi connectivity index (χ4n) is 4.36. The highest BCUT2D eigenvalue weighted by atomic mass is 16.5. The van der Waals surface area contributed by atoms with Gasteiger partial charge in [-0.1, -0.05) is 6.07 Å². The SMILES string of the molecule is COc1ccc2c(c1O)CCc1cc(O)c(C)c3c1[C@H]2CC(C)(C)O3. The second-order valence-corrected chi connectivity index (χ2v) is 7.73. The molecule has 0 amide bonds. The van der Waals surface area contributed by atoms with E-state index in [0.717, 1.165) is 46.4 Å². The number of phenols is 2. The van der Waals surface area contributed by atoms with E-state index in [0.29, 0.717) is 12.2 Å². The Bertz CT molecular complexity index is 867. The maximum atomic E-state index is 10.7. The number of aryl methyl sites for hydroxylation is 1. The van der Waals surface area contributed by atoms with Crippen molar-refractivity contribution in [1.29, 1.82) is 0 Å². The summed E-state index contributed by atoms with van der Waals surface area (Å²) in [5.74, 6) is 1.97. The van der Waals surface area contributed by atoms with E-state index in [4.69, 9.17) is 9.47 Å². The van der Waals surface area contributed by atoms with Crippen LogP contribution in [-0.4, -0.2) is 22.9 Å². The van der Waals surface area contributed by atoms with Gasteiger partial charge in [-0.05, 0) is 63.3 Å². The van der Waals surface area contributed by atoms with E-state index in [1.54, 1.807) is 7.11 Å². The number of rotatable bonds is 1. The fourth-order valence-corrected chi connectivity index (χ4v) is 4.36. The second-order valence-electron chi connectivity index (χ2n) is 7.73. The van der Waals surface area contributed by atoms with Crippen LogP contribution in [0.25, 0.3) is 0 Å². The summed E-state index contributed by atoms with van der Waals surface area (Å²) in [6, 6.07) is 5.78. The van der Waals surface area contributed by atoms with Gasteiger partial charge in [0.15, 0.2) is 11.5 Å². The number of aromatic hydroxyl groups is 2. The maximum absolute atomic E-state index is 10.7. The third kappa shape index (κ3) is 2.35. The Morgan fingerprint density at radius 3 is 2.68 bits per heavy atom. The average Bonchev–Trinajstić information content (AvgIpc) is 2.70. The lowest BCUT2D eigenvalue weighted by atomic mass is 9.77. The summed E-state index contributed by atoms with van der Waals surface area (Å²) in [7, 11) is 1.57. The molecule has 0 spiro atoms. The smallest absolute Gasteiger partial charge is 0.161 e. The van der Waals surface area contributed by atoms with Gasteiger partial charge < -0.3 is 19.7 Å².